The van der Waals surface area contributed by atoms with Gasteiger partial charge in [-0.1, -0.05) is 136 Å². The highest BCUT2D eigenvalue weighted by Crippen LogP contribution is 2.47. The van der Waals surface area contributed by atoms with Gasteiger partial charge in [0.25, 0.3) is 0 Å². The maximum atomic E-state index is 6.47. The summed E-state index contributed by atoms with van der Waals surface area (Å²) in [5.41, 5.74) is 20.3. The summed E-state index contributed by atoms with van der Waals surface area (Å²) in [5.74, 6) is 2.02. The van der Waals surface area contributed by atoms with E-state index in [-0.39, 0.29) is 6.71 Å². The number of hydrogen-bond donors (Lipinski definition) is 0. The number of fused-ring (bicyclic) bond motifs is 8. The molecule has 12 rings (SSSR count). The smallest absolute Gasteiger partial charge is 0.248 e. The molecule has 3 aliphatic carbocycles. The fourth-order valence-electron chi connectivity index (χ4n) is 12.2. The molecule has 282 valence electrons. The Morgan fingerprint density at radius 2 is 1.07 bits per heavy atom. The van der Waals surface area contributed by atoms with Crippen molar-refractivity contribution in [3.8, 4) is 22.3 Å². The Morgan fingerprint density at radius 3 is 1.79 bits per heavy atom. The highest BCUT2D eigenvalue weighted by Gasteiger charge is 2.44. The molecule has 6 aromatic carbocycles. The lowest BCUT2D eigenvalue weighted by Gasteiger charge is -2.37. The minimum absolute atomic E-state index is 0.226. The molecule has 0 atom stereocenters. The molecule has 3 heteroatoms. The van der Waals surface area contributed by atoms with Crippen LogP contribution in [0.15, 0.2) is 120 Å². The van der Waals surface area contributed by atoms with Gasteiger partial charge in [0.1, 0.15) is 11.2 Å². The molecule has 0 radical (unpaired) electrons. The summed E-state index contributed by atoms with van der Waals surface area (Å²) in [7, 11) is 0. The van der Waals surface area contributed by atoms with Gasteiger partial charge in [-0.05, 0) is 149 Å². The van der Waals surface area contributed by atoms with E-state index in [1.165, 1.54) is 168 Å². The van der Waals surface area contributed by atoms with E-state index in [9.17, 15) is 0 Å². The van der Waals surface area contributed by atoms with E-state index in [0.29, 0.717) is 17.8 Å². The average Bonchev–Trinajstić information content (AvgIpc) is 3.84. The molecule has 0 amide bonds. The van der Waals surface area contributed by atoms with Crippen molar-refractivity contribution in [2.75, 3.05) is 4.90 Å². The summed E-state index contributed by atoms with van der Waals surface area (Å²) in [6.07, 6.45) is 20.2. The van der Waals surface area contributed by atoms with Crippen molar-refractivity contribution < 1.29 is 4.42 Å². The summed E-state index contributed by atoms with van der Waals surface area (Å²) >= 11 is 0. The highest BCUT2D eigenvalue weighted by molar-refractivity contribution is 7.01. The molecule has 57 heavy (non-hydrogen) atoms. The second-order valence-corrected chi connectivity index (χ2v) is 18.3. The first-order valence-corrected chi connectivity index (χ1v) is 22.5. The van der Waals surface area contributed by atoms with Gasteiger partial charge < -0.3 is 9.32 Å². The largest absolute Gasteiger partial charge is 0.456 e. The van der Waals surface area contributed by atoms with Gasteiger partial charge >= 0.3 is 0 Å². The fourth-order valence-corrected chi connectivity index (χ4v) is 12.2. The van der Waals surface area contributed by atoms with Crippen LogP contribution in [0.1, 0.15) is 131 Å². The molecule has 0 bridgehead atoms. The third-order valence-electron chi connectivity index (χ3n) is 15.1. The average molecular weight is 742 g/mol. The lowest BCUT2D eigenvalue weighted by molar-refractivity contribution is 0.443. The summed E-state index contributed by atoms with van der Waals surface area (Å²) in [4.78, 5) is 2.64. The number of benzene rings is 6. The molecule has 2 nitrogen and oxygen atoms in total. The zero-order valence-corrected chi connectivity index (χ0v) is 33.2. The van der Waals surface area contributed by atoms with E-state index in [1.807, 2.05) is 0 Å². The Morgan fingerprint density at radius 1 is 0.456 bits per heavy atom. The molecule has 3 fully saturated rings. The van der Waals surface area contributed by atoms with Gasteiger partial charge in [-0.2, -0.15) is 0 Å². The number of para-hydroxylation sites is 1. The van der Waals surface area contributed by atoms with Gasteiger partial charge in [-0.15, -0.1) is 0 Å². The summed E-state index contributed by atoms with van der Waals surface area (Å²) in [5, 5.41) is 2.39. The van der Waals surface area contributed by atoms with Crippen LogP contribution in [0.25, 0.3) is 44.2 Å². The van der Waals surface area contributed by atoms with E-state index in [1.54, 1.807) is 11.1 Å². The van der Waals surface area contributed by atoms with E-state index in [2.05, 4.69) is 120 Å². The summed E-state index contributed by atoms with van der Waals surface area (Å²) < 4.78 is 6.47. The zero-order valence-electron chi connectivity index (χ0n) is 33.2. The third-order valence-corrected chi connectivity index (χ3v) is 15.1. The van der Waals surface area contributed by atoms with Crippen molar-refractivity contribution >= 4 is 62.1 Å². The molecule has 7 aromatic rings. The van der Waals surface area contributed by atoms with Crippen LogP contribution in [0.2, 0.25) is 0 Å². The molecule has 0 unspecified atom stereocenters. The predicted molar refractivity (Wildman–Crippen MR) is 241 cm³/mol. The first-order chi connectivity index (χ1) is 28.3. The number of furan rings is 1. The monoisotopic (exact) mass is 741 g/mol. The fraction of sp³-hybridized carbons (Fsp3) is 0.333. The Kier molecular flexibility index (Phi) is 8.26. The molecule has 3 heterocycles. The lowest BCUT2D eigenvalue weighted by atomic mass is 9.37. The van der Waals surface area contributed by atoms with Crippen molar-refractivity contribution in [3.63, 3.8) is 0 Å². The second kappa shape index (κ2) is 13.8. The van der Waals surface area contributed by atoms with Crippen LogP contribution in [-0.2, 0) is 0 Å². The van der Waals surface area contributed by atoms with Gasteiger partial charge in [0.2, 0.25) is 6.71 Å². The molecule has 2 aliphatic heterocycles. The number of rotatable bonds is 5. The van der Waals surface area contributed by atoms with E-state index >= 15 is 0 Å². The topological polar surface area (TPSA) is 16.4 Å². The Bertz CT molecular complexity index is 2650. The molecule has 0 spiro atoms. The van der Waals surface area contributed by atoms with Crippen molar-refractivity contribution in [2.24, 2.45) is 0 Å². The number of hydrogen-bond acceptors (Lipinski definition) is 2. The van der Waals surface area contributed by atoms with E-state index in [0.717, 1.165) is 11.2 Å². The van der Waals surface area contributed by atoms with Gasteiger partial charge in [-0.3, -0.25) is 0 Å². The Labute approximate surface area is 338 Å². The minimum Gasteiger partial charge on any atom is -0.456 e. The third kappa shape index (κ3) is 5.59. The second-order valence-electron chi connectivity index (χ2n) is 18.3. The Balaban J connectivity index is 1.10. The van der Waals surface area contributed by atoms with Crippen molar-refractivity contribution in [1.29, 1.82) is 0 Å². The number of nitrogens with zero attached hydrogens (tertiary/aromatic N) is 1. The van der Waals surface area contributed by atoms with Crippen molar-refractivity contribution in [2.45, 2.75) is 114 Å². The lowest BCUT2D eigenvalue weighted by Crippen LogP contribution is -2.55. The first kappa shape index (κ1) is 34.1. The van der Waals surface area contributed by atoms with Crippen molar-refractivity contribution in [1.82, 2.24) is 0 Å². The summed E-state index contributed by atoms with van der Waals surface area (Å²) in [6, 6.07) is 45.4. The van der Waals surface area contributed by atoms with Crippen LogP contribution < -0.4 is 21.3 Å². The normalized spacial score (nSPS) is 18.6. The van der Waals surface area contributed by atoms with Crippen LogP contribution in [0.5, 0.6) is 0 Å². The number of anilines is 3. The molecular weight excluding hydrogens is 689 g/mol. The van der Waals surface area contributed by atoms with Gasteiger partial charge in [0.05, 0.1) is 0 Å². The maximum Gasteiger partial charge on any atom is 0.248 e. The van der Waals surface area contributed by atoms with Crippen LogP contribution in [0.3, 0.4) is 0 Å². The Hall–Kier alpha value is -5.02. The van der Waals surface area contributed by atoms with Gasteiger partial charge in [0.15, 0.2) is 0 Å². The quantitative estimate of drug-likeness (QED) is 0.163. The highest BCUT2D eigenvalue weighted by atomic mass is 16.3. The molecule has 5 aliphatic rings. The van der Waals surface area contributed by atoms with Gasteiger partial charge in [-0.25, -0.2) is 0 Å². The first-order valence-electron chi connectivity index (χ1n) is 22.5. The molecule has 0 N–H and O–H groups in total. The van der Waals surface area contributed by atoms with Crippen LogP contribution in [0, 0.1) is 0 Å². The molecular formula is C54H52BNO. The zero-order chi connectivity index (χ0) is 37.5. The predicted octanol–water partition coefficient (Wildman–Crippen LogP) is 13.7. The van der Waals surface area contributed by atoms with E-state index in [4.69, 9.17) is 4.42 Å². The molecule has 1 aromatic heterocycles. The van der Waals surface area contributed by atoms with Crippen LogP contribution in [-0.4, -0.2) is 6.71 Å². The van der Waals surface area contributed by atoms with Crippen LogP contribution >= 0.6 is 0 Å². The van der Waals surface area contributed by atoms with Crippen LogP contribution in [0.4, 0.5) is 17.1 Å². The van der Waals surface area contributed by atoms with Gasteiger partial charge in [0, 0.05) is 27.8 Å². The SMILES string of the molecule is c1ccc2c(c1)oc1cccc(-c3cc4c5c(c3)N(c3ccc(C6CCCCC6)cc3)c3ccc(C6CCCCC6)cc3B5c3cc(C5CCCCC5)ccc3-4)c12. The molecule has 0 saturated heterocycles. The van der Waals surface area contributed by atoms with Crippen molar-refractivity contribution in [3.05, 3.63) is 132 Å². The minimum atomic E-state index is 0.226. The molecule has 3 saturated carbocycles. The maximum absolute atomic E-state index is 6.47. The standard InChI is InChI=1S/C54H52BNO/c1-4-13-35(14-5-1)38-23-27-42(28-24-38)56-49-30-26-40(37-17-8-3-9-18-37)33-48(49)55-47-32-39(36-15-6-2-7-16-36)25-29-44(47)46-31-41(34-50(56)54(46)55)43-20-12-22-52-53(43)45-19-10-11-21-51(45)57-52/h10-12,19-37H,1-9,13-18H2. The van der Waals surface area contributed by atoms with E-state index < -0.39 is 0 Å². The summed E-state index contributed by atoms with van der Waals surface area (Å²) in [6.45, 7) is 0.226.